The van der Waals surface area contributed by atoms with Gasteiger partial charge in [0, 0.05) is 24.2 Å². The van der Waals surface area contributed by atoms with E-state index >= 15 is 0 Å². The summed E-state index contributed by atoms with van der Waals surface area (Å²) < 4.78 is 5.39. The number of para-hydroxylation sites is 1. The van der Waals surface area contributed by atoms with E-state index in [2.05, 4.69) is 29.3 Å². The molecule has 4 nitrogen and oxygen atoms in total. The Labute approximate surface area is 162 Å². The summed E-state index contributed by atoms with van der Waals surface area (Å²) in [6.45, 7) is 7.59. The lowest BCUT2D eigenvalue weighted by molar-refractivity contribution is 0.0939. The Balaban J connectivity index is 1.60. The molecule has 0 aromatic heterocycles. The van der Waals surface area contributed by atoms with Gasteiger partial charge >= 0.3 is 0 Å². The van der Waals surface area contributed by atoms with Crippen LogP contribution >= 0.6 is 0 Å². The Hall–Kier alpha value is -2.33. The highest BCUT2D eigenvalue weighted by Gasteiger charge is 2.17. The van der Waals surface area contributed by atoms with Crippen molar-refractivity contribution in [3.63, 3.8) is 0 Å². The summed E-state index contributed by atoms with van der Waals surface area (Å²) in [6, 6.07) is 15.6. The summed E-state index contributed by atoms with van der Waals surface area (Å²) in [5.74, 6) is 1.50. The van der Waals surface area contributed by atoms with Gasteiger partial charge in [0.15, 0.2) is 0 Å². The van der Waals surface area contributed by atoms with Crippen LogP contribution in [0.2, 0.25) is 0 Å². The number of rotatable bonds is 6. The van der Waals surface area contributed by atoms with Crippen molar-refractivity contribution < 1.29 is 9.53 Å². The highest BCUT2D eigenvalue weighted by Crippen LogP contribution is 2.24. The van der Waals surface area contributed by atoms with Crippen molar-refractivity contribution in [3.05, 3.63) is 65.2 Å². The maximum Gasteiger partial charge on any atom is 0.251 e. The molecular formula is C23H30N2O2. The van der Waals surface area contributed by atoms with Crippen LogP contribution in [0.15, 0.2) is 48.5 Å². The van der Waals surface area contributed by atoms with E-state index in [1.807, 2.05) is 43.3 Å². The molecule has 0 radical (unpaired) electrons. The number of nitrogens with zero attached hydrogens (tertiary/aromatic N) is 1. The number of nitrogens with one attached hydrogen (secondary N) is 1. The predicted molar refractivity (Wildman–Crippen MR) is 109 cm³/mol. The molecule has 2 aromatic rings. The van der Waals surface area contributed by atoms with Crippen LogP contribution in [0.3, 0.4) is 0 Å². The van der Waals surface area contributed by atoms with Crippen LogP contribution in [0.1, 0.15) is 54.2 Å². The molecule has 1 heterocycles. The number of piperidine rings is 1. The second kappa shape index (κ2) is 9.05. The van der Waals surface area contributed by atoms with Gasteiger partial charge in [-0.25, -0.2) is 0 Å². The average Bonchev–Trinajstić information content (AvgIpc) is 2.68. The lowest BCUT2D eigenvalue weighted by Crippen LogP contribution is -2.33. The smallest absolute Gasteiger partial charge is 0.251 e. The van der Waals surface area contributed by atoms with Crippen LogP contribution in [0.5, 0.6) is 5.75 Å². The first kappa shape index (κ1) is 19.4. The fraction of sp³-hybridized carbons (Fsp3) is 0.435. The van der Waals surface area contributed by atoms with Crippen molar-refractivity contribution in [1.82, 2.24) is 10.2 Å². The number of carbonyl (C=O) groups excluding carboxylic acids is 1. The molecule has 0 spiro atoms. The number of hydrogen-bond acceptors (Lipinski definition) is 3. The minimum Gasteiger partial charge on any atom is -0.496 e. The van der Waals surface area contributed by atoms with Crippen molar-refractivity contribution >= 4 is 5.91 Å². The monoisotopic (exact) mass is 366 g/mol. The van der Waals surface area contributed by atoms with Gasteiger partial charge < -0.3 is 10.1 Å². The number of benzene rings is 2. The summed E-state index contributed by atoms with van der Waals surface area (Å²) in [5, 5.41) is 3.06. The quantitative estimate of drug-likeness (QED) is 0.823. The van der Waals surface area contributed by atoms with Gasteiger partial charge in [-0.05, 0) is 56.0 Å². The van der Waals surface area contributed by atoms with Gasteiger partial charge in [0.25, 0.3) is 5.91 Å². The molecule has 2 atom stereocenters. The summed E-state index contributed by atoms with van der Waals surface area (Å²) in [6.07, 6.45) is 2.61. The van der Waals surface area contributed by atoms with E-state index < -0.39 is 0 Å². The molecule has 3 rings (SSSR count). The van der Waals surface area contributed by atoms with Crippen molar-refractivity contribution in [1.29, 1.82) is 0 Å². The number of ether oxygens (including phenoxy) is 1. The second-order valence-corrected chi connectivity index (χ2v) is 7.62. The zero-order valence-corrected chi connectivity index (χ0v) is 16.6. The highest BCUT2D eigenvalue weighted by molar-refractivity contribution is 5.94. The van der Waals surface area contributed by atoms with E-state index in [9.17, 15) is 4.79 Å². The Morgan fingerprint density at radius 1 is 1.22 bits per heavy atom. The van der Waals surface area contributed by atoms with Crippen LogP contribution in [-0.2, 0) is 6.54 Å². The molecule has 1 aliphatic rings. The Kier molecular flexibility index (Phi) is 6.51. The van der Waals surface area contributed by atoms with Crippen molar-refractivity contribution in [2.24, 2.45) is 5.92 Å². The maximum absolute atomic E-state index is 12.6. The molecule has 0 saturated carbocycles. The van der Waals surface area contributed by atoms with Gasteiger partial charge in [0.05, 0.1) is 13.2 Å². The third-order valence-corrected chi connectivity index (χ3v) is 5.32. The Bertz CT molecular complexity index is 757. The molecule has 4 heteroatoms. The molecular weight excluding hydrogens is 336 g/mol. The maximum atomic E-state index is 12.6. The zero-order chi connectivity index (χ0) is 19.2. The first-order valence-electron chi connectivity index (χ1n) is 9.82. The van der Waals surface area contributed by atoms with Crippen LogP contribution in [0.4, 0.5) is 0 Å². The van der Waals surface area contributed by atoms with E-state index in [0.717, 1.165) is 23.8 Å². The van der Waals surface area contributed by atoms with E-state index in [1.54, 1.807) is 7.11 Å². The third-order valence-electron chi connectivity index (χ3n) is 5.32. The number of methoxy groups -OCH3 is 1. The number of amides is 1. The average molecular weight is 367 g/mol. The molecule has 0 bridgehead atoms. The normalized spacial score (nSPS) is 18.7. The summed E-state index contributed by atoms with van der Waals surface area (Å²) in [4.78, 5) is 15.1. The fourth-order valence-electron chi connectivity index (χ4n) is 3.83. The van der Waals surface area contributed by atoms with Gasteiger partial charge in [0.1, 0.15) is 5.75 Å². The van der Waals surface area contributed by atoms with Gasteiger partial charge in [-0.15, -0.1) is 0 Å². The van der Waals surface area contributed by atoms with E-state index in [4.69, 9.17) is 4.74 Å². The van der Waals surface area contributed by atoms with Gasteiger partial charge in [-0.1, -0.05) is 37.3 Å². The van der Waals surface area contributed by atoms with Crippen molar-refractivity contribution in [2.75, 3.05) is 20.2 Å². The number of carbonyl (C=O) groups is 1. The van der Waals surface area contributed by atoms with Crippen LogP contribution in [-0.4, -0.2) is 31.0 Å². The minimum atomic E-state index is -0.122. The van der Waals surface area contributed by atoms with Crippen molar-refractivity contribution in [2.45, 2.75) is 39.3 Å². The minimum absolute atomic E-state index is 0.0634. The molecule has 0 aliphatic carbocycles. The van der Waals surface area contributed by atoms with Crippen LogP contribution < -0.4 is 10.1 Å². The van der Waals surface area contributed by atoms with Crippen LogP contribution in [0.25, 0.3) is 0 Å². The fourth-order valence-corrected chi connectivity index (χ4v) is 3.83. The Morgan fingerprint density at radius 3 is 2.67 bits per heavy atom. The Morgan fingerprint density at radius 2 is 1.96 bits per heavy atom. The molecule has 1 fully saturated rings. The topological polar surface area (TPSA) is 41.6 Å². The van der Waals surface area contributed by atoms with Gasteiger partial charge in [-0.3, -0.25) is 9.69 Å². The lowest BCUT2D eigenvalue weighted by atomic mass is 9.99. The lowest BCUT2D eigenvalue weighted by Gasteiger charge is -2.30. The SMILES string of the molecule is COc1ccccc1[C@@H](C)NC(=O)c1ccc(CN2CCC[C@@H](C)C2)cc1. The molecule has 1 amide bonds. The molecule has 0 unspecified atom stereocenters. The second-order valence-electron chi connectivity index (χ2n) is 7.62. The zero-order valence-electron chi connectivity index (χ0n) is 16.6. The molecule has 27 heavy (non-hydrogen) atoms. The molecule has 2 aromatic carbocycles. The van der Waals surface area contributed by atoms with Crippen molar-refractivity contribution in [3.8, 4) is 5.75 Å². The molecule has 144 valence electrons. The molecule has 1 N–H and O–H groups in total. The van der Waals surface area contributed by atoms with Gasteiger partial charge in [-0.2, -0.15) is 0 Å². The standard InChI is InChI=1S/C23H30N2O2/c1-17-7-6-14-25(15-17)16-19-10-12-20(13-11-19)23(26)24-18(2)21-8-4-5-9-22(21)27-3/h4-5,8-13,17-18H,6-7,14-16H2,1-3H3,(H,24,26)/t17-,18-/m1/s1. The predicted octanol–water partition coefficient (Wildman–Crippen LogP) is 4.42. The highest BCUT2D eigenvalue weighted by atomic mass is 16.5. The van der Waals surface area contributed by atoms with Crippen LogP contribution in [0, 0.1) is 5.92 Å². The first-order valence-corrected chi connectivity index (χ1v) is 9.82. The largest absolute Gasteiger partial charge is 0.496 e. The summed E-state index contributed by atoms with van der Waals surface area (Å²) in [5.41, 5.74) is 2.93. The van der Waals surface area contributed by atoms with E-state index in [1.165, 1.54) is 31.5 Å². The van der Waals surface area contributed by atoms with Gasteiger partial charge in [0.2, 0.25) is 0 Å². The van der Waals surface area contributed by atoms with E-state index in [-0.39, 0.29) is 11.9 Å². The summed E-state index contributed by atoms with van der Waals surface area (Å²) >= 11 is 0. The number of likely N-dealkylation sites (tertiary alicyclic amines) is 1. The molecule has 1 aliphatic heterocycles. The summed E-state index contributed by atoms with van der Waals surface area (Å²) in [7, 11) is 1.65. The number of hydrogen-bond donors (Lipinski definition) is 1. The molecule has 1 saturated heterocycles. The van der Waals surface area contributed by atoms with E-state index in [0.29, 0.717) is 5.56 Å². The third kappa shape index (κ3) is 5.10. The first-order chi connectivity index (χ1) is 13.1.